The lowest BCUT2D eigenvalue weighted by molar-refractivity contribution is -0.166. The summed E-state index contributed by atoms with van der Waals surface area (Å²) in [4.78, 5) is 11.3. The Morgan fingerprint density at radius 1 is 1.71 bits per heavy atom. The molecular weight excluding hydrogens is 184 g/mol. The Balaban J connectivity index is 2.67. The third kappa shape index (κ3) is 2.25. The molecule has 1 fully saturated rings. The van der Waals surface area contributed by atoms with Crippen molar-refractivity contribution in [3.63, 3.8) is 0 Å². The summed E-state index contributed by atoms with van der Waals surface area (Å²) in [6.07, 6.45) is 0.984. The van der Waals surface area contributed by atoms with E-state index >= 15 is 0 Å². The number of carbonyl (C=O) groups is 1. The maximum Gasteiger partial charge on any atom is 0.311 e. The second-order valence-corrected chi connectivity index (χ2v) is 3.98. The lowest BCUT2D eigenvalue weighted by atomic mass is 9.80. The number of hydrogen-bond acceptors (Lipinski definition) is 4. The maximum absolute atomic E-state index is 11.3. The number of rotatable bonds is 2. The summed E-state index contributed by atoms with van der Waals surface area (Å²) in [6.45, 7) is 4.09. The maximum atomic E-state index is 11.3. The summed E-state index contributed by atoms with van der Waals surface area (Å²) in [5.41, 5.74) is -0.967. The summed E-state index contributed by atoms with van der Waals surface area (Å²) >= 11 is 0. The van der Waals surface area contributed by atoms with Crippen LogP contribution in [0.15, 0.2) is 0 Å². The second-order valence-electron chi connectivity index (χ2n) is 3.98. The third-order valence-electron chi connectivity index (χ3n) is 2.94. The first-order valence-corrected chi connectivity index (χ1v) is 4.91. The van der Waals surface area contributed by atoms with E-state index in [-0.39, 0.29) is 12.1 Å². The van der Waals surface area contributed by atoms with E-state index in [1.165, 1.54) is 7.11 Å². The van der Waals surface area contributed by atoms with Crippen LogP contribution in [-0.2, 0) is 14.3 Å². The summed E-state index contributed by atoms with van der Waals surface area (Å²) in [6, 6.07) is 0. The van der Waals surface area contributed by atoms with Gasteiger partial charge in [0.1, 0.15) is 0 Å². The molecule has 1 saturated heterocycles. The van der Waals surface area contributed by atoms with Crippen molar-refractivity contribution in [2.24, 2.45) is 5.92 Å². The highest BCUT2D eigenvalue weighted by Crippen LogP contribution is 2.32. The van der Waals surface area contributed by atoms with Crippen LogP contribution in [0.2, 0.25) is 0 Å². The first kappa shape index (κ1) is 11.5. The summed E-state index contributed by atoms with van der Waals surface area (Å²) < 4.78 is 9.95. The second kappa shape index (κ2) is 4.28. The Bertz CT molecular complexity index is 216. The van der Waals surface area contributed by atoms with Crippen LogP contribution in [0, 0.1) is 5.92 Å². The molecule has 0 radical (unpaired) electrons. The number of hydrogen-bond donors (Lipinski definition) is 1. The topological polar surface area (TPSA) is 55.8 Å². The first-order chi connectivity index (χ1) is 6.49. The van der Waals surface area contributed by atoms with E-state index in [0.29, 0.717) is 19.4 Å². The van der Waals surface area contributed by atoms with Crippen molar-refractivity contribution in [1.82, 2.24) is 0 Å². The van der Waals surface area contributed by atoms with Crippen LogP contribution in [-0.4, -0.2) is 36.5 Å². The number of carbonyl (C=O) groups excluding carboxylic acids is 1. The smallest absolute Gasteiger partial charge is 0.311 e. The van der Waals surface area contributed by atoms with Gasteiger partial charge in [-0.05, 0) is 13.8 Å². The average molecular weight is 202 g/mol. The largest absolute Gasteiger partial charge is 0.469 e. The van der Waals surface area contributed by atoms with Crippen LogP contribution in [0.3, 0.4) is 0 Å². The minimum atomic E-state index is -0.967. The molecule has 14 heavy (non-hydrogen) atoms. The first-order valence-electron chi connectivity index (χ1n) is 4.91. The predicted octanol–water partition coefficient (Wildman–Crippen LogP) is 0.725. The molecule has 0 saturated carbocycles. The molecule has 0 spiro atoms. The Morgan fingerprint density at radius 3 is 2.86 bits per heavy atom. The normalized spacial score (nSPS) is 35.0. The zero-order chi connectivity index (χ0) is 10.8. The van der Waals surface area contributed by atoms with Gasteiger partial charge in [-0.2, -0.15) is 0 Å². The zero-order valence-electron chi connectivity index (χ0n) is 8.95. The molecule has 0 bridgehead atoms. The number of ether oxygens (including phenoxy) is 2. The fraction of sp³-hybridized carbons (Fsp3) is 0.900. The van der Waals surface area contributed by atoms with Crippen LogP contribution in [0.5, 0.6) is 0 Å². The zero-order valence-corrected chi connectivity index (χ0v) is 8.95. The third-order valence-corrected chi connectivity index (χ3v) is 2.94. The molecule has 0 aliphatic carbocycles. The van der Waals surface area contributed by atoms with Crippen molar-refractivity contribution in [2.75, 3.05) is 13.7 Å². The molecule has 3 atom stereocenters. The molecular formula is C10H18O4. The van der Waals surface area contributed by atoms with Crippen LogP contribution in [0.4, 0.5) is 0 Å². The van der Waals surface area contributed by atoms with E-state index in [2.05, 4.69) is 4.74 Å². The van der Waals surface area contributed by atoms with Crippen LogP contribution in [0.1, 0.15) is 26.7 Å². The monoisotopic (exact) mass is 202 g/mol. The molecule has 4 nitrogen and oxygen atoms in total. The molecule has 1 aliphatic heterocycles. The van der Waals surface area contributed by atoms with Crippen molar-refractivity contribution in [2.45, 2.75) is 38.4 Å². The van der Waals surface area contributed by atoms with E-state index in [1.54, 1.807) is 6.92 Å². The van der Waals surface area contributed by atoms with Gasteiger partial charge in [-0.3, -0.25) is 4.79 Å². The van der Waals surface area contributed by atoms with E-state index < -0.39 is 11.5 Å². The SMILES string of the molecule is COC(=O)C(C)C1(O)CCOC(C)C1. The van der Waals surface area contributed by atoms with Crippen molar-refractivity contribution < 1.29 is 19.4 Å². The van der Waals surface area contributed by atoms with Gasteiger partial charge >= 0.3 is 5.97 Å². The fourth-order valence-corrected chi connectivity index (χ4v) is 1.89. The Kier molecular flexibility index (Phi) is 3.50. The molecule has 1 N–H and O–H groups in total. The van der Waals surface area contributed by atoms with E-state index in [0.717, 1.165) is 0 Å². The molecule has 4 heteroatoms. The standard InChI is InChI=1S/C10H18O4/c1-7-6-10(12,4-5-14-7)8(2)9(11)13-3/h7-8,12H,4-6H2,1-3H3. The number of esters is 1. The average Bonchev–Trinajstić information content (AvgIpc) is 2.15. The minimum absolute atomic E-state index is 0.000793. The van der Waals surface area contributed by atoms with Gasteiger partial charge in [0, 0.05) is 19.4 Å². The predicted molar refractivity (Wildman–Crippen MR) is 50.8 cm³/mol. The quantitative estimate of drug-likeness (QED) is 0.670. The lowest BCUT2D eigenvalue weighted by Gasteiger charge is -2.38. The van der Waals surface area contributed by atoms with E-state index in [1.807, 2.05) is 6.92 Å². The molecule has 82 valence electrons. The van der Waals surface area contributed by atoms with Crippen LogP contribution in [0.25, 0.3) is 0 Å². The Hall–Kier alpha value is -0.610. The molecule has 0 aromatic heterocycles. The van der Waals surface area contributed by atoms with Gasteiger partial charge in [-0.1, -0.05) is 0 Å². The minimum Gasteiger partial charge on any atom is -0.469 e. The van der Waals surface area contributed by atoms with Crippen molar-refractivity contribution in [1.29, 1.82) is 0 Å². The fourth-order valence-electron chi connectivity index (χ4n) is 1.89. The van der Waals surface area contributed by atoms with Gasteiger partial charge in [0.25, 0.3) is 0 Å². The molecule has 0 amide bonds. The van der Waals surface area contributed by atoms with Gasteiger partial charge in [-0.15, -0.1) is 0 Å². The Labute approximate surface area is 84.2 Å². The highest BCUT2D eigenvalue weighted by atomic mass is 16.5. The van der Waals surface area contributed by atoms with Crippen LogP contribution < -0.4 is 0 Å². The molecule has 1 aliphatic rings. The summed E-state index contributed by atoms with van der Waals surface area (Å²) in [5, 5.41) is 10.2. The highest BCUT2D eigenvalue weighted by molar-refractivity contribution is 5.73. The van der Waals surface area contributed by atoms with Gasteiger partial charge in [0.05, 0.1) is 24.7 Å². The van der Waals surface area contributed by atoms with Crippen LogP contribution >= 0.6 is 0 Å². The number of methoxy groups -OCH3 is 1. The van der Waals surface area contributed by atoms with Gasteiger partial charge in [-0.25, -0.2) is 0 Å². The molecule has 1 heterocycles. The molecule has 0 aromatic rings. The van der Waals surface area contributed by atoms with E-state index in [9.17, 15) is 9.90 Å². The lowest BCUT2D eigenvalue weighted by Crippen LogP contribution is -2.47. The molecule has 0 aromatic carbocycles. The van der Waals surface area contributed by atoms with Gasteiger partial charge in [0.15, 0.2) is 0 Å². The van der Waals surface area contributed by atoms with Gasteiger partial charge in [0.2, 0.25) is 0 Å². The summed E-state index contributed by atoms with van der Waals surface area (Å²) in [7, 11) is 1.34. The number of aliphatic hydroxyl groups is 1. The summed E-state index contributed by atoms with van der Waals surface area (Å²) in [5.74, 6) is -0.847. The van der Waals surface area contributed by atoms with Crippen molar-refractivity contribution in [3.05, 3.63) is 0 Å². The van der Waals surface area contributed by atoms with Crippen molar-refractivity contribution in [3.8, 4) is 0 Å². The molecule has 1 rings (SSSR count). The van der Waals surface area contributed by atoms with Gasteiger partial charge < -0.3 is 14.6 Å². The molecule has 3 unspecified atom stereocenters. The van der Waals surface area contributed by atoms with E-state index in [4.69, 9.17) is 4.74 Å². The van der Waals surface area contributed by atoms with Crippen molar-refractivity contribution >= 4 is 5.97 Å². The Morgan fingerprint density at radius 2 is 2.36 bits per heavy atom. The highest BCUT2D eigenvalue weighted by Gasteiger charge is 2.42.